The third kappa shape index (κ3) is 4.62. The smallest absolute Gasteiger partial charge is 0.118 e. The zero-order chi connectivity index (χ0) is 14.4. The summed E-state index contributed by atoms with van der Waals surface area (Å²) in [5.74, 6) is 2.87. The number of hydrogen-bond donors (Lipinski definition) is 1. The van der Waals surface area contributed by atoms with Gasteiger partial charge in [-0.15, -0.1) is 0 Å². The molecule has 0 saturated carbocycles. The van der Waals surface area contributed by atoms with Crippen molar-refractivity contribution in [1.29, 1.82) is 0 Å². The Labute approximate surface area is 122 Å². The van der Waals surface area contributed by atoms with Crippen molar-refractivity contribution in [3.05, 3.63) is 23.2 Å². The van der Waals surface area contributed by atoms with Gasteiger partial charge in [0.2, 0.25) is 0 Å². The highest BCUT2D eigenvalue weighted by molar-refractivity contribution is 5.20. The van der Waals surface area contributed by atoms with Crippen molar-refractivity contribution in [2.45, 2.75) is 39.8 Å². The molecule has 1 aromatic heterocycles. The number of nitrogens with one attached hydrogen (secondary N) is 1. The van der Waals surface area contributed by atoms with Crippen molar-refractivity contribution >= 4 is 0 Å². The Morgan fingerprint density at radius 2 is 2.10 bits per heavy atom. The van der Waals surface area contributed by atoms with Gasteiger partial charge in [-0.05, 0) is 45.3 Å². The predicted octanol–water partition coefficient (Wildman–Crippen LogP) is 2.56. The van der Waals surface area contributed by atoms with Gasteiger partial charge in [-0.1, -0.05) is 6.92 Å². The first kappa shape index (κ1) is 15.5. The number of rotatable bonds is 7. The molecule has 1 aromatic rings. The lowest BCUT2D eigenvalue weighted by atomic mass is 10.00. The van der Waals surface area contributed by atoms with Crippen LogP contribution in [-0.4, -0.2) is 38.3 Å². The predicted molar refractivity (Wildman–Crippen MR) is 80.7 cm³/mol. The minimum Gasteiger partial charge on any atom is -0.465 e. The van der Waals surface area contributed by atoms with Gasteiger partial charge < -0.3 is 19.4 Å². The number of hydrogen-bond acceptors (Lipinski definition) is 4. The maximum atomic E-state index is 5.80. The summed E-state index contributed by atoms with van der Waals surface area (Å²) in [7, 11) is 2.20. The van der Waals surface area contributed by atoms with Crippen LogP contribution >= 0.6 is 0 Å². The molecule has 0 unspecified atom stereocenters. The fraction of sp³-hybridized carbons (Fsp3) is 0.750. The third-order valence-corrected chi connectivity index (χ3v) is 3.97. The topological polar surface area (TPSA) is 37.6 Å². The minimum atomic E-state index is 0.780. The Bertz CT molecular complexity index is 397. The van der Waals surface area contributed by atoms with Gasteiger partial charge in [0.15, 0.2) is 0 Å². The highest BCUT2D eigenvalue weighted by Crippen LogP contribution is 2.19. The Morgan fingerprint density at radius 1 is 1.35 bits per heavy atom. The summed E-state index contributed by atoms with van der Waals surface area (Å²) in [6.07, 6.45) is 2.39. The van der Waals surface area contributed by atoms with Crippen LogP contribution in [0.5, 0.6) is 0 Å². The quantitative estimate of drug-likeness (QED) is 0.833. The molecule has 20 heavy (non-hydrogen) atoms. The molecule has 0 bridgehead atoms. The standard InChI is InChI=1S/C16H28N2O2/c1-4-17-10-16-9-15(13(2)20-16)12-18(3)11-14-5-7-19-8-6-14/h9,14,17H,4-8,10-12H2,1-3H3. The lowest BCUT2D eigenvalue weighted by Gasteiger charge is -2.26. The van der Waals surface area contributed by atoms with Crippen LogP contribution in [0.15, 0.2) is 10.5 Å². The van der Waals surface area contributed by atoms with Crippen LogP contribution in [0.3, 0.4) is 0 Å². The number of ether oxygens (including phenoxy) is 1. The van der Waals surface area contributed by atoms with E-state index in [9.17, 15) is 0 Å². The molecule has 114 valence electrons. The van der Waals surface area contributed by atoms with Crippen molar-refractivity contribution in [3.8, 4) is 0 Å². The van der Waals surface area contributed by atoms with Gasteiger partial charge in [0, 0.05) is 31.9 Å². The van der Waals surface area contributed by atoms with Gasteiger partial charge >= 0.3 is 0 Å². The summed E-state index contributed by atoms with van der Waals surface area (Å²) in [6, 6.07) is 2.19. The Hall–Kier alpha value is -0.840. The number of nitrogens with zero attached hydrogens (tertiary/aromatic N) is 1. The maximum absolute atomic E-state index is 5.80. The van der Waals surface area contributed by atoms with Crippen molar-refractivity contribution in [2.24, 2.45) is 5.92 Å². The van der Waals surface area contributed by atoms with E-state index in [0.717, 1.165) is 56.8 Å². The molecular formula is C16H28N2O2. The summed E-state index contributed by atoms with van der Waals surface area (Å²) in [5.41, 5.74) is 1.31. The van der Waals surface area contributed by atoms with Gasteiger partial charge in [0.05, 0.1) is 6.54 Å². The summed E-state index contributed by atoms with van der Waals surface area (Å²) in [5, 5.41) is 3.30. The van der Waals surface area contributed by atoms with Gasteiger partial charge in [-0.25, -0.2) is 0 Å². The summed E-state index contributed by atoms with van der Waals surface area (Å²) in [6.45, 7) is 9.94. The molecular weight excluding hydrogens is 252 g/mol. The molecule has 0 amide bonds. The molecule has 4 heteroatoms. The van der Waals surface area contributed by atoms with E-state index >= 15 is 0 Å². The first-order valence-electron chi connectivity index (χ1n) is 7.74. The SMILES string of the molecule is CCNCc1cc(CN(C)CC2CCOCC2)c(C)o1. The lowest BCUT2D eigenvalue weighted by Crippen LogP contribution is -2.29. The highest BCUT2D eigenvalue weighted by atomic mass is 16.5. The monoisotopic (exact) mass is 280 g/mol. The van der Waals surface area contributed by atoms with Crippen molar-refractivity contribution in [1.82, 2.24) is 10.2 Å². The fourth-order valence-corrected chi connectivity index (χ4v) is 2.80. The second kappa shape index (κ2) is 7.81. The Balaban J connectivity index is 1.83. The average molecular weight is 280 g/mol. The third-order valence-electron chi connectivity index (χ3n) is 3.97. The van der Waals surface area contributed by atoms with E-state index in [1.165, 1.54) is 18.4 Å². The summed E-state index contributed by atoms with van der Waals surface area (Å²) < 4.78 is 11.2. The molecule has 1 aliphatic rings. The van der Waals surface area contributed by atoms with Crippen LogP contribution in [0, 0.1) is 12.8 Å². The largest absolute Gasteiger partial charge is 0.465 e. The number of furan rings is 1. The lowest BCUT2D eigenvalue weighted by molar-refractivity contribution is 0.0549. The molecule has 0 aliphatic carbocycles. The highest BCUT2D eigenvalue weighted by Gasteiger charge is 2.17. The first-order chi connectivity index (χ1) is 9.69. The van der Waals surface area contributed by atoms with E-state index in [-0.39, 0.29) is 0 Å². The zero-order valence-electron chi connectivity index (χ0n) is 13.1. The average Bonchev–Trinajstić information content (AvgIpc) is 2.78. The molecule has 2 heterocycles. The zero-order valence-corrected chi connectivity index (χ0v) is 13.1. The van der Waals surface area contributed by atoms with E-state index in [1.54, 1.807) is 0 Å². The molecule has 1 saturated heterocycles. The van der Waals surface area contributed by atoms with E-state index in [2.05, 4.69) is 37.2 Å². The Kier molecular flexibility index (Phi) is 6.07. The van der Waals surface area contributed by atoms with Crippen LogP contribution in [0.25, 0.3) is 0 Å². The summed E-state index contributed by atoms with van der Waals surface area (Å²) >= 11 is 0. The number of aryl methyl sites for hydroxylation is 1. The molecule has 2 rings (SSSR count). The molecule has 0 spiro atoms. The van der Waals surface area contributed by atoms with Gasteiger partial charge in [0.1, 0.15) is 11.5 Å². The molecule has 1 N–H and O–H groups in total. The van der Waals surface area contributed by atoms with Crippen LogP contribution in [-0.2, 0) is 17.8 Å². The second-order valence-electron chi connectivity index (χ2n) is 5.83. The van der Waals surface area contributed by atoms with Gasteiger partial charge in [0.25, 0.3) is 0 Å². The minimum absolute atomic E-state index is 0.780. The molecule has 1 aliphatic heterocycles. The van der Waals surface area contributed by atoms with Crippen molar-refractivity contribution in [3.63, 3.8) is 0 Å². The van der Waals surface area contributed by atoms with Gasteiger partial charge in [-0.3, -0.25) is 0 Å². The summed E-state index contributed by atoms with van der Waals surface area (Å²) in [4.78, 5) is 2.41. The van der Waals surface area contributed by atoms with Crippen LogP contribution in [0.1, 0.15) is 36.8 Å². The molecule has 0 radical (unpaired) electrons. The first-order valence-corrected chi connectivity index (χ1v) is 7.74. The molecule has 0 aromatic carbocycles. The maximum Gasteiger partial charge on any atom is 0.118 e. The van der Waals surface area contributed by atoms with Crippen LogP contribution < -0.4 is 5.32 Å². The fourth-order valence-electron chi connectivity index (χ4n) is 2.80. The van der Waals surface area contributed by atoms with Crippen LogP contribution in [0.2, 0.25) is 0 Å². The van der Waals surface area contributed by atoms with Crippen LogP contribution in [0.4, 0.5) is 0 Å². The Morgan fingerprint density at radius 3 is 2.80 bits per heavy atom. The normalized spacial score (nSPS) is 17.0. The molecule has 4 nitrogen and oxygen atoms in total. The van der Waals surface area contributed by atoms with E-state index < -0.39 is 0 Å². The molecule has 1 fully saturated rings. The van der Waals surface area contributed by atoms with E-state index in [0.29, 0.717) is 0 Å². The van der Waals surface area contributed by atoms with Crippen molar-refractivity contribution in [2.75, 3.05) is 33.4 Å². The van der Waals surface area contributed by atoms with Gasteiger partial charge in [-0.2, -0.15) is 0 Å². The van der Waals surface area contributed by atoms with E-state index in [4.69, 9.17) is 9.15 Å². The van der Waals surface area contributed by atoms with E-state index in [1.807, 2.05) is 0 Å². The molecule has 0 atom stereocenters. The second-order valence-corrected chi connectivity index (χ2v) is 5.83. The van der Waals surface area contributed by atoms with Crippen molar-refractivity contribution < 1.29 is 9.15 Å².